The second-order valence-electron chi connectivity index (χ2n) is 7.12. The van der Waals surface area contributed by atoms with Gasteiger partial charge in [0.2, 0.25) is 11.8 Å². The summed E-state index contributed by atoms with van der Waals surface area (Å²) in [5.74, 6) is 0.178. The van der Waals surface area contributed by atoms with Crippen LogP contribution in [0.1, 0.15) is 51.9 Å². The number of amides is 2. The van der Waals surface area contributed by atoms with Crippen LogP contribution in [-0.2, 0) is 14.3 Å². The predicted octanol–water partition coefficient (Wildman–Crippen LogP) is 1.04. The second kappa shape index (κ2) is 8.11. The molecule has 0 radical (unpaired) electrons. The summed E-state index contributed by atoms with van der Waals surface area (Å²) in [6, 6.07) is 0. The molecule has 2 atom stereocenters. The molecule has 6 nitrogen and oxygen atoms in total. The molecule has 132 valence electrons. The van der Waals surface area contributed by atoms with Crippen molar-refractivity contribution in [3.8, 4) is 0 Å². The zero-order valence-electron chi connectivity index (χ0n) is 14.5. The molecule has 2 fully saturated rings. The standard InChI is InChI=1S/C17H31N3O3/c1-17(18)9-4-3-5-14(17)16(22)20-10-6-13(7-11-20)23-12-8-15(21)19-2/h13-14H,3-12,18H2,1-2H3,(H,19,21). The number of rotatable bonds is 5. The molecular weight excluding hydrogens is 294 g/mol. The van der Waals surface area contributed by atoms with Crippen LogP contribution in [0.2, 0.25) is 0 Å². The van der Waals surface area contributed by atoms with E-state index in [1.807, 2.05) is 11.8 Å². The lowest BCUT2D eigenvalue weighted by molar-refractivity contribution is -0.141. The van der Waals surface area contributed by atoms with Gasteiger partial charge in [-0.2, -0.15) is 0 Å². The molecule has 1 saturated heterocycles. The van der Waals surface area contributed by atoms with Crippen molar-refractivity contribution in [2.24, 2.45) is 11.7 Å². The Morgan fingerprint density at radius 2 is 1.96 bits per heavy atom. The number of piperidine rings is 1. The Kier molecular flexibility index (Phi) is 6.41. The van der Waals surface area contributed by atoms with Gasteiger partial charge in [0.25, 0.3) is 0 Å². The van der Waals surface area contributed by atoms with Crippen LogP contribution in [0.5, 0.6) is 0 Å². The summed E-state index contributed by atoms with van der Waals surface area (Å²) < 4.78 is 5.75. The van der Waals surface area contributed by atoms with E-state index in [2.05, 4.69) is 5.32 Å². The SMILES string of the molecule is CNC(=O)CCOC1CCN(C(=O)C2CCCCC2(C)N)CC1. The van der Waals surface area contributed by atoms with E-state index in [0.717, 1.165) is 51.6 Å². The lowest BCUT2D eigenvalue weighted by Gasteiger charge is -2.41. The number of nitrogens with one attached hydrogen (secondary N) is 1. The minimum Gasteiger partial charge on any atom is -0.378 e. The number of carbonyl (C=O) groups excluding carboxylic acids is 2. The van der Waals surface area contributed by atoms with Gasteiger partial charge in [0.1, 0.15) is 0 Å². The van der Waals surface area contributed by atoms with E-state index < -0.39 is 0 Å². The van der Waals surface area contributed by atoms with E-state index in [0.29, 0.717) is 13.0 Å². The van der Waals surface area contributed by atoms with Crippen LogP contribution in [0.15, 0.2) is 0 Å². The Labute approximate surface area is 139 Å². The topological polar surface area (TPSA) is 84.7 Å². The number of nitrogens with zero attached hydrogens (tertiary/aromatic N) is 1. The summed E-state index contributed by atoms with van der Waals surface area (Å²) in [5.41, 5.74) is 5.99. The summed E-state index contributed by atoms with van der Waals surface area (Å²) in [6.07, 6.45) is 6.29. The minimum absolute atomic E-state index is 0.00264. The van der Waals surface area contributed by atoms with E-state index in [1.165, 1.54) is 0 Å². The molecule has 0 spiro atoms. The van der Waals surface area contributed by atoms with E-state index in [9.17, 15) is 9.59 Å². The predicted molar refractivity (Wildman–Crippen MR) is 88.8 cm³/mol. The van der Waals surface area contributed by atoms with Gasteiger partial charge in [-0.1, -0.05) is 12.8 Å². The summed E-state index contributed by atoms with van der Waals surface area (Å²) in [4.78, 5) is 25.9. The highest BCUT2D eigenvalue weighted by molar-refractivity contribution is 5.80. The summed E-state index contributed by atoms with van der Waals surface area (Å²) in [7, 11) is 1.63. The highest BCUT2D eigenvalue weighted by Gasteiger charge is 2.40. The number of nitrogens with two attached hydrogens (primary N) is 1. The summed E-state index contributed by atoms with van der Waals surface area (Å²) in [6.45, 7) is 3.93. The van der Waals surface area contributed by atoms with Gasteiger partial charge < -0.3 is 20.7 Å². The Hall–Kier alpha value is -1.14. The third kappa shape index (κ3) is 4.91. The zero-order valence-corrected chi connectivity index (χ0v) is 14.5. The van der Waals surface area contributed by atoms with Gasteiger partial charge in [0.05, 0.1) is 18.6 Å². The molecule has 0 aromatic heterocycles. The van der Waals surface area contributed by atoms with Crippen molar-refractivity contribution in [3.05, 3.63) is 0 Å². The fourth-order valence-corrected chi connectivity index (χ4v) is 3.67. The molecule has 0 aromatic rings. The first-order valence-electron chi connectivity index (χ1n) is 8.84. The van der Waals surface area contributed by atoms with Gasteiger partial charge >= 0.3 is 0 Å². The Balaban J connectivity index is 1.75. The maximum atomic E-state index is 12.8. The van der Waals surface area contributed by atoms with E-state index >= 15 is 0 Å². The highest BCUT2D eigenvalue weighted by Crippen LogP contribution is 2.33. The molecule has 1 heterocycles. The third-order valence-electron chi connectivity index (χ3n) is 5.27. The van der Waals surface area contributed by atoms with Crippen LogP contribution in [0.25, 0.3) is 0 Å². The molecule has 3 N–H and O–H groups in total. The van der Waals surface area contributed by atoms with Crippen molar-refractivity contribution in [3.63, 3.8) is 0 Å². The minimum atomic E-state index is -0.365. The van der Waals surface area contributed by atoms with Crippen molar-refractivity contribution in [2.75, 3.05) is 26.7 Å². The maximum absolute atomic E-state index is 12.8. The van der Waals surface area contributed by atoms with Crippen molar-refractivity contribution < 1.29 is 14.3 Å². The van der Waals surface area contributed by atoms with Crippen LogP contribution in [-0.4, -0.2) is 55.1 Å². The molecule has 2 rings (SSSR count). The molecule has 0 aromatic carbocycles. The van der Waals surface area contributed by atoms with Crippen molar-refractivity contribution in [1.29, 1.82) is 0 Å². The number of hydrogen-bond acceptors (Lipinski definition) is 4. The second-order valence-corrected chi connectivity index (χ2v) is 7.12. The van der Waals surface area contributed by atoms with Crippen LogP contribution in [0, 0.1) is 5.92 Å². The molecule has 23 heavy (non-hydrogen) atoms. The van der Waals surface area contributed by atoms with Crippen LogP contribution in [0.4, 0.5) is 0 Å². The Morgan fingerprint density at radius 3 is 2.57 bits per heavy atom. The molecule has 1 saturated carbocycles. The quantitative estimate of drug-likeness (QED) is 0.791. The highest BCUT2D eigenvalue weighted by atomic mass is 16.5. The summed E-state index contributed by atoms with van der Waals surface area (Å²) >= 11 is 0. The third-order valence-corrected chi connectivity index (χ3v) is 5.27. The first-order chi connectivity index (χ1) is 10.9. The van der Waals surface area contributed by atoms with Crippen LogP contribution >= 0.6 is 0 Å². The number of ether oxygens (including phenoxy) is 1. The average Bonchev–Trinajstić information content (AvgIpc) is 2.54. The van der Waals surface area contributed by atoms with Gasteiger partial charge in [0, 0.05) is 32.1 Å². The van der Waals surface area contributed by atoms with E-state index in [1.54, 1.807) is 7.05 Å². The lowest BCUT2D eigenvalue weighted by atomic mass is 9.74. The molecule has 1 aliphatic heterocycles. The number of carbonyl (C=O) groups is 2. The summed E-state index contributed by atoms with van der Waals surface area (Å²) in [5, 5.41) is 2.59. The first kappa shape index (κ1) is 18.2. The van der Waals surface area contributed by atoms with Gasteiger partial charge in [0.15, 0.2) is 0 Å². The van der Waals surface area contributed by atoms with Crippen molar-refractivity contribution in [2.45, 2.75) is 63.5 Å². The van der Waals surface area contributed by atoms with Gasteiger partial charge in [-0.05, 0) is 32.6 Å². The maximum Gasteiger partial charge on any atom is 0.227 e. The molecule has 2 amide bonds. The van der Waals surface area contributed by atoms with Gasteiger partial charge in [-0.25, -0.2) is 0 Å². The first-order valence-corrected chi connectivity index (χ1v) is 8.84. The molecule has 1 aliphatic carbocycles. The monoisotopic (exact) mass is 325 g/mol. The lowest BCUT2D eigenvalue weighted by Crippen LogP contribution is -2.55. The van der Waals surface area contributed by atoms with Crippen LogP contribution in [0.3, 0.4) is 0 Å². The van der Waals surface area contributed by atoms with E-state index in [4.69, 9.17) is 10.5 Å². The van der Waals surface area contributed by atoms with Crippen LogP contribution < -0.4 is 11.1 Å². The Morgan fingerprint density at radius 1 is 1.26 bits per heavy atom. The van der Waals surface area contributed by atoms with Gasteiger partial charge in [-0.15, -0.1) is 0 Å². The Bertz CT molecular complexity index is 417. The zero-order chi connectivity index (χ0) is 16.9. The van der Waals surface area contributed by atoms with Crippen molar-refractivity contribution >= 4 is 11.8 Å². The number of hydrogen-bond donors (Lipinski definition) is 2. The fourth-order valence-electron chi connectivity index (χ4n) is 3.67. The normalized spacial score (nSPS) is 29.3. The van der Waals surface area contributed by atoms with E-state index in [-0.39, 0.29) is 29.4 Å². The molecule has 2 unspecified atom stereocenters. The van der Waals surface area contributed by atoms with Crippen molar-refractivity contribution in [1.82, 2.24) is 10.2 Å². The fraction of sp³-hybridized carbons (Fsp3) is 0.882. The average molecular weight is 325 g/mol. The number of likely N-dealkylation sites (tertiary alicyclic amines) is 1. The smallest absolute Gasteiger partial charge is 0.227 e. The molecular formula is C17H31N3O3. The molecule has 2 aliphatic rings. The molecule has 0 bridgehead atoms. The molecule has 6 heteroatoms. The van der Waals surface area contributed by atoms with Gasteiger partial charge in [-0.3, -0.25) is 9.59 Å². The largest absolute Gasteiger partial charge is 0.378 e.